The molecule has 2 aliphatic heterocycles. The van der Waals surface area contributed by atoms with Crippen LogP contribution in [0.1, 0.15) is 42.1 Å². The Balaban J connectivity index is 1.45. The Labute approximate surface area is 278 Å². The van der Waals surface area contributed by atoms with Gasteiger partial charge in [0, 0.05) is 70.6 Å². The zero-order valence-corrected chi connectivity index (χ0v) is 27.6. The van der Waals surface area contributed by atoms with Gasteiger partial charge in [-0.2, -0.15) is 0 Å². The van der Waals surface area contributed by atoms with Crippen molar-refractivity contribution in [2.75, 3.05) is 78.4 Å². The number of aryl methyl sites for hydroxylation is 1. The first-order valence-corrected chi connectivity index (χ1v) is 15.7. The highest BCUT2D eigenvalue weighted by molar-refractivity contribution is 9.09. The van der Waals surface area contributed by atoms with Gasteiger partial charge in [-0.05, 0) is 31.6 Å². The third-order valence-electron chi connectivity index (χ3n) is 8.56. The zero-order valence-electron chi connectivity index (χ0n) is 29.0. The second-order valence-electron chi connectivity index (χ2n) is 11.1. The van der Waals surface area contributed by atoms with Crippen molar-refractivity contribution in [2.45, 2.75) is 12.8 Å². The number of hydrogen-bond acceptors (Lipinski definition) is 9. The number of likely N-dealkylation sites (N-methyl/N-ethyl adjacent to an activating group) is 1. The SMILES string of the molecule is [3H]C([3H])([3H])N1CCN(C(=O)Oc2cc3c(c4c(C(=O)OC)c(C)[nH]c24)[C@H](CBr)CN3C(=O)c2cc3cc(OC)c(OC)c(OC)c3[nH]2)CC1. The summed E-state index contributed by atoms with van der Waals surface area (Å²) in [7, 11) is 5.79. The standard InChI is InChI=1S/C32H36BrN5O8/c1-16-23(31(40)45-6)25-24-18(14-33)15-38(20(24)13-21(27(25)34-16)46-32(41)37-9-7-36(2)8-10-37)30(39)19-11-17-12-22(42-3)28(43-4)29(44-5)26(17)35-19/h11-13,18,34-35H,7-10,14-15H2,1-6H3/t18-/m1/s1/i2T3. The van der Waals surface area contributed by atoms with Gasteiger partial charge < -0.3 is 48.4 Å². The van der Waals surface area contributed by atoms with Crippen molar-refractivity contribution in [3.63, 3.8) is 0 Å². The van der Waals surface area contributed by atoms with Crippen LogP contribution in [0.15, 0.2) is 18.2 Å². The van der Waals surface area contributed by atoms with E-state index in [9.17, 15) is 14.4 Å². The number of nitrogens with zero attached hydrogens (tertiary/aromatic N) is 3. The van der Waals surface area contributed by atoms with Gasteiger partial charge >= 0.3 is 12.1 Å². The van der Waals surface area contributed by atoms with Crippen molar-refractivity contribution in [1.29, 1.82) is 0 Å². The van der Waals surface area contributed by atoms with E-state index < -0.39 is 19.0 Å². The van der Waals surface area contributed by atoms with Gasteiger partial charge in [0.1, 0.15) is 5.69 Å². The summed E-state index contributed by atoms with van der Waals surface area (Å²) in [5, 5.41) is 1.61. The second kappa shape index (κ2) is 12.4. The molecule has 0 radical (unpaired) electrons. The van der Waals surface area contributed by atoms with Crippen molar-refractivity contribution in [3.05, 3.63) is 40.7 Å². The minimum Gasteiger partial charge on any atom is -0.493 e. The fourth-order valence-corrected chi connectivity index (χ4v) is 6.86. The van der Waals surface area contributed by atoms with Crippen molar-refractivity contribution >= 4 is 61.4 Å². The number of rotatable bonds is 7. The van der Waals surface area contributed by atoms with Crippen molar-refractivity contribution in [3.8, 4) is 23.0 Å². The summed E-state index contributed by atoms with van der Waals surface area (Å²) in [6.07, 6.45) is -0.683. The largest absolute Gasteiger partial charge is 0.493 e. The number of piperazine rings is 1. The molecule has 4 heterocycles. The van der Waals surface area contributed by atoms with E-state index in [-0.39, 0.29) is 61.6 Å². The average Bonchev–Trinajstić information content (AvgIpc) is 3.79. The number of esters is 1. The molecule has 14 heteroatoms. The smallest absolute Gasteiger partial charge is 0.415 e. The Bertz CT molecular complexity index is 1970. The number of ether oxygens (including phenoxy) is 5. The van der Waals surface area contributed by atoms with E-state index in [4.69, 9.17) is 27.8 Å². The maximum absolute atomic E-state index is 14.4. The number of hydrogen-bond donors (Lipinski definition) is 2. The lowest BCUT2D eigenvalue weighted by Gasteiger charge is -2.31. The number of methoxy groups -OCH3 is 4. The molecule has 46 heavy (non-hydrogen) atoms. The Morgan fingerprint density at radius 1 is 0.957 bits per heavy atom. The normalized spacial score (nSPS) is 17.8. The maximum Gasteiger partial charge on any atom is 0.415 e. The van der Waals surface area contributed by atoms with Crippen LogP contribution in [0.2, 0.25) is 0 Å². The molecule has 2 aromatic heterocycles. The number of fused-ring (bicyclic) bond motifs is 4. The van der Waals surface area contributed by atoms with Crippen LogP contribution in [0.4, 0.5) is 10.5 Å². The first kappa shape index (κ1) is 27.8. The summed E-state index contributed by atoms with van der Waals surface area (Å²) in [5.74, 6) is 0.0906. The molecule has 2 N–H and O–H groups in total. The van der Waals surface area contributed by atoms with Crippen LogP contribution in [-0.2, 0) is 4.74 Å². The zero-order chi connectivity index (χ0) is 35.4. The predicted molar refractivity (Wildman–Crippen MR) is 176 cm³/mol. The van der Waals surface area contributed by atoms with Crippen molar-refractivity contribution in [1.82, 2.24) is 19.8 Å². The number of aromatic amines is 2. The van der Waals surface area contributed by atoms with E-state index in [0.29, 0.717) is 61.3 Å². The number of carbonyl (C=O) groups excluding carboxylic acids is 3. The Morgan fingerprint density at radius 3 is 2.33 bits per heavy atom. The molecule has 0 spiro atoms. The van der Waals surface area contributed by atoms with Crippen LogP contribution >= 0.6 is 15.9 Å². The highest BCUT2D eigenvalue weighted by Gasteiger charge is 2.39. The summed E-state index contributed by atoms with van der Waals surface area (Å²) in [6.45, 7) is 0.330. The molecule has 244 valence electrons. The molecular formula is C32H36BrN5O8. The van der Waals surface area contributed by atoms with Crippen LogP contribution in [0.5, 0.6) is 23.0 Å². The molecule has 0 aliphatic carbocycles. The van der Waals surface area contributed by atoms with Crippen LogP contribution in [0.25, 0.3) is 21.8 Å². The molecule has 13 nitrogen and oxygen atoms in total. The number of anilines is 1. The minimum atomic E-state index is -2.26. The first-order valence-electron chi connectivity index (χ1n) is 16.1. The molecule has 1 saturated heterocycles. The molecule has 0 unspecified atom stereocenters. The Kier molecular flexibility index (Phi) is 7.51. The molecule has 0 bridgehead atoms. The van der Waals surface area contributed by atoms with Gasteiger partial charge in [0.2, 0.25) is 5.75 Å². The van der Waals surface area contributed by atoms with Gasteiger partial charge in [-0.25, -0.2) is 9.59 Å². The molecule has 0 saturated carbocycles. The van der Waals surface area contributed by atoms with E-state index >= 15 is 0 Å². The quantitative estimate of drug-likeness (QED) is 0.208. The summed E-state index contributed by atoms with van der Waals surface area (Å²) in [5.41, 5.74) is 3.15. The fourth-order valence-electron chi connectivity index (χ4n) is 6.34. The van der Waals surface area contributed by atoms with E-state index in [2.05, 4.69) is 25.9 Å². The number of amides is 2. The van der Waals surface area contributed by atoms with Gasteiger partial charge in [0.15, 0.2) is 17.2 Å². The third kappa shape index (κ3) is 5.09. The Hall–Kier alpha value is -4.43. The summed E-state index contributed by atoms with van der Waals surface area (Å²) >= 11 is 3.61. The molecule has 1 atom stereocenters. The lowest BCUT2D eigenvalue weighted by Crippen LogP contribution is -2.48. The van der Waals surface area contributed by atoms with Crippen LogP contribution < -0.4 is 23.8 Å². The molecule has 1 fully saturated rings. The molecule has 4 aromatic rings. The second-order valence-corrected chi connectivity index (χ2v) is 11.7. The van der Waals surface area contributed by atoms with Crippen LogP contribution in [0.3, 0.4) is 0 Å². The van der Waals surface area contributed by atoms with E-state index in [1.54, 1.807) is 30.0 Å². The number of aromatic nitrogens is 2. The van der Waals surface area contributed by atoms with Gasteiger partial charge in [0.25, 0.3) is 5.91 Å². The number of nitrogens with one attached hydrogen (secondary N) is 2. The van der Waals surface area contributed by atoms with Gasteiger partial charge in [-0.15, -0.1) is 0 Å². The highest BCUT2D eigenvalue weighted by atomic mass is 79.9. The maximum atomic E-state index is 14.4. The third-order valence-corrected chi connectivity index (χ3v) is 9.34. The first-order chi connectivity index (χ1) is 23.4. The predicted octanol–water partition coefficient (Wildman–Crippen LogP) is 4.66. The lowest BCUT2D eigenvalue weighted by molar-refractivity contribution is 0.0602. The Morgan fingerprint density at radius 2 is 1.70 bits per heavy atom. The average molecular weight is 705 g/mol. The molecule has 2 aliphatic rings. The fraction of sp³-hybridized carbons (Fsp3) is 0.406. The number of alkyl halides is 1. The number of halogens is 1. The van der Waals surface area contributed by atoms with Crippen LogP contribution in [-0.4, -0.2) is 111 Å². The number of H-pyrrole nitrogens is 2. The highest BCUT2D eigenvalue weighted by Crippen LogP contribution is 2.49. The van der Waals surface area contributed by atoms with E-state index in [1.807, 2.05) is 0 Å². The summed E-state index contributed by atoms with van der Waals surface area (Å²) in [6, 6.07) is 5.07. The topological polar surface area (TPSA) is 139 Å². The van der Waals surface area contributed by atoms with E-state index in [0.717, 1.165) is 0 Å². The summed E-state index contributed by atoms with van der Waals surface area (Å²) < 4.78 is 50.8. The van der Waals surface area contributed by atoms with Gasteiger partial charge in [0.05, 0.1) is 50.7 Å². The van der Waals surface area contributed by atoms with Crippen molar-refractivity contribution in [2.24, 2.45) is 0 Å². The monoisotopic (exact) mass is 703 g/mol. The molecular weight excluding hydrogens is 662 g/mol. The lowest BCUT2D eigenvalue weighted by atomic mass is 9.95. The summed E-state index contributed by atoms with van der Waals surface area (Å²) in [4.78, 5) is 51.8. The molecule has 2 amide bonds. The minimum absolute atomic E-state index is 0.107. The van der Waals surface area contributed by atoms with Gasteiger partial charge in [-0.1, -0.05) is 15.9 Å². The van der Waals surface area contributed by atoms with E-state index in [1.165, 1.54) is 38.2 Å². The number of benzene rings is 2. The molecule has 2 aromatic carbocycles. The van der Waals surface area contributed by atoms with Crippen LogP contribution in [0, 0.1) is 6.92 Å². The number of carbonyl (C=O) groups is 3. The molecule has 6 rings (SSSR count). The van der Waals surface area contributed by atoms with Gasteiger partial charge in [-0.3, -0.25) is 4.79 Å². The van der Waals surface area contributed by atoms with Crippen molar-refractivity contribution < 1.29 is 42.2 Å².